The lowest BCUT2D eigenvalue weighted by atomic mass is 11.1. The molecule has 0 saturated carbocycles. The standard InChI is InChI=1S/C3H5NO2S/c5-4-3-7-2-1-6-4/h1-2,4H,3H2. The maximum Gasteiger partial charge on any atom is 0.166 e. The van der Waals surface area contributed by atoms with Crippen molar-refractivity contribution < 1.29 is 10.1 Å². The molecule has 0 fully saturated rings. The third kappa shape index (κ3) is 1.38. The predicted molar refractivity (Wildman–Crippen MR) is 27.0 cm³/mol. The van der Waals surface area contributed by atoms with Gasteiger partial charge in [0.2, 0.25) is 0 Å². The van der Waals surface area contributed by atoms with Crippen molar-refractivity contribution in [2.45, 2.75) is 0 Å². The maximum atomic E-state index is 10.2. The van der Waals surface area contributed by atoms with Gasteiger partial charge in [-0.25, -0.2) is 0 Å². The first kappa shape index (κ1) is 4.96. The topological polar surface area (TPSA) is 36.7 Å². The molecule has 0 aromatic carbocycles. The fourth-order valence-electron chi connectivity index (χ4n) is 0.293. The molecule has 0 saturated heterocycles. The fourth-order valence-corrected chi connectivity index (χ4v) is 0.728. The van der Waals surface area contributed by atoms with Gasteiger partial charge in [-0.3, -0.25) is 0 Å². The number of hydrogen-bond acceptors (Lipinski definition) is 3. The Morgan fingerprint density at radius 1 is 1.86 bits per heavy atom. The second kappa shape index (κ2) is 2.20. The zero-order valence-electron chi connectivity index (χ0n) is 3.59. The summed E-state index contributed by atoms with van der Waals surface area (Å²) in [6, 6.07) is 0. The van der Waals surface area contributed by atoms with Crippen LogP contribution in [0.1, 0.15) is 0 Å². The van der Waals surface area contributed by atoms with Gasteiger partial charge in [0.05, 0.1) is 0 Å². The minimum atomic E-state index is -0.160. The molecule has 40 valence electrons. The van der Waals surface area contributed by atoms with E-state index in [0.29, 0.717) is 5.88 Å². The van der Waals surface area contributed by atoms with E-state index in [1.54, 1.807) is 5.41 Å². The number of rotatable bonds is 0. The van der Waals surface area contributed by atoms with Gasteiger partial charge < -0.3 is 10.0 Å². The van der Waals surface area contributed by atoms with E-state index in [9.17, 15) is 5.21 Å². The summed E-state index contributed by atoms with van der Waals surface area (Å²) >= 11 is 1.45. The Labute approximate surface area is 45.5 Å². The minimum absolute atomic E-state index is 0.160. The van der Waals surface area contributed by atoms with E-state index in [1.165, 1.54) is 18.0 Å². The molecule has 1 heterocycles. The summed E-state index contributed by atoms with van der Waals surface area (Å²) < 4.78 is 0. The molecule has 1 aliphatic heterocycles. The highest BCUT2D eigenvalue weighted by Gasteiger charge is 1.97. The lowest BCUT2D eigenvalue weighted by molar-refractivity contribution is -1.03. The van der Waals surface area contributed by atoms with Gasteiger partial charge in [0.1, 0.15) is 0 Å². The smallest absolute Gasteiger partial charge is 0.166 e. The molecular formula is C3H5NO2S. The van der Waals surface area contributed by atoms with Crippen LogP contribution >= 0.6 is 11.8 Å². The summed E-state index contributed by atoms with van der Waals surface area (Å²) in [6.45, 7) is 0. The molecule has 4 heteroatoms. The Kier molecular flexibility index (Phi) is 1.56. The SMILES string of the molecule is [O-][NH+]1CSC=CO1. The first-order valence-corrected chi connectivity index (χ1v) is 2.90. The Morgan fingerprint density at radius 3 is 3.00 bits per heavy atom. The van der Waals surface area contributed by atoms with Crippen LogP contribution in [0.2, 0.25) is 0 Å². The van der Waals surface area contributed by atoms with Gasteiger partial charge in [0.15, 0.2) is 12.1 Å². The Bertz CT molecular complexity index is 85.0. The van der Waals surface area contributed by atoms with Crippen molar-refractivity contribution in [3.8, 4) is 0 Å². The van der Waals surface area contributed by atoms with Gasteiger partial charge in [0.25, 0.3) is 0 Å². The van der Waals surface area contributed by atoms with Gasteiger partial charge in [-0.1, -0.05) is 11.8 Å². The Morgan fingerprint density at radius 2 is 2.71 bits per heavy atom. The van der Waals surface area contributed by atoms with E-state index in [0.717, 1.165) is 0 Å². The molecule has 0 radical (unpaired) electrons. The van der Waals surface area contributed by atoms with Crippen LogP contribution in [-0.2, 0) is 4.84 Å². The van der Waals surface area contributed by atoms with Gasteiger partial charge in [-0.05, 0) is 0 Å². The van der Waals surface area contributed by atoms with Crippen LogP contribution in [0.25, 0.3) is 0 Å². The third-order valence-electron chi connectivity index (χ3n) is 0.552. The fraction of sp³-hybridized carbons (Fsp3) is 0.333. The number of hydroxylamine groups is 2. The molecule has 0 aliphatic carbocycles. The molecule has 1 rings (SSSR count). The van der Waals surface area contributed by atoms with E-state index >= 15 is 0 Å². The molecule has 7 heavy (non-hydrogen) atoms. The summed E-state index contributed by atoms with van der Waals surface area (Å²) in [5.41, 5.74) is 0. The van der Waals surface area contributed by atoms with E-state index in [-0.39, 0.29) is 5.23 Å². The molecule has 0 spiro atoms. The van der Waals surface area contributed by atoms with Crippen molar-refractivity contribution in [2.24, 2.45) is 0 Å². The largest absolute Gasteiger partial charge is 0.590 e. The lowest BCUT2D eigenvalue weighted by Crippen LogP contribution is -3.05. The summed E-state index contributed by atoms with van der Waals surface area (Å²) in [5.74, 6) is 0.455. The number of thioether (sulfide) groups is 1. The molecule has 0 aromatic rings. The molecule has 1 N–H and O–H groups in total. The average Bonchev–Trinajstić information content (AvgIpc) is 1.69. The van der Waals surface area contributed by atoms with Crippen molar-refractivity contribution >= 4 is 11.8 Å². The first-order chi connectivity index (χ1) is 3.39. The molecule has 3 nitrogen and oxygen atoms in total. The molecule has 1 atom stereocenters. The van der Waals surface area contributed by atoms with Gasteiger partial charge in [-0.15, -0.1) is 0 Å². The summed E-state index contributed by atoms with van der Waals surface area (Å²) in [6.07, 6.45) is 1.40. The molecule has 0 bridgehead atoms. The van der Waals surface area contributed by atoms with Crippen LogP contribution in [0.4, 0.5) is 0 Å². The highest BCUT2D eigenvalue weighted by molar-refractivity contribution is 8.01. The van der Waals surface area contributed by atoms with E-state index in [2.05, 4.69) is 4.84 Å². The first-order valence-electron chi connectivity index (χ1n) is 1.86. The van der Waals surface area contributed by atoms with Crippen LogP contribution in [0.3, 0.4) is 0 Å². The third-order valence-corrected chi connectivity index (χ3v) is 1.26. The average molecular weight is 119 g/mol. The Hall–Kier alpha value is -0.190. The molecule has 1 aliphatic rings. The second-order valence-electron chi connectivity index (χ2n) is 1.07. The minimum Gasteiger partial charge on any atom is -0.590 e. The van der Waals surface area contributed by atoms with Crippen molar-refractivity contribution in [2.75, 3.05) is 5.88 Å². The van der Waals surface area contributed by atoms with Gasteiger partial charge >= 0.3 is 0 Å². The zero-order valence-corrected chi connectivity index (χ0v) is 4.40. The van der Waals surface area contributed by atoms with Crippen molar-refractivity contribution in [1.82, 2.24) is 0 Å². The van der Waals surface area contributed by atoms with Crippen LogP contribution < -0.4 is 5.23 Å². The van der Waals surface area contributed by atoms with E-state index in [1.807, 2.05) is 0 Å². The summed E-state index contributed by atoms with van der Waals surface area (Å²) in [5, 5.41) is 11.8. The van der Waals surface area contributed by atoms with Crippen LogP contribution in [0.15, 0.2) is 11.7 Å². The molecule has 0 aromatic heterocycles. The van der Waals surface area contributed by atoms with Gasteiger partial charge in [0, 0.05) is 5.41 Å². The van der Waals surface area contributed by atoms with Crippen LogP contribution in [-0.4, -0.2) is 5.88 Å². The highest BCUT2D eigenvalue weighted by atomic mass is 32.2. The van der Waals surface area contributed by atoms with Crippen LogP contribution in [0, 0.1) is 5.21 Å². The van der Waals surface area contributed by atoms with Gasteiger partial charge in [-0.2, -0.15) is 5.23 Å². The maximum absolute atomic E-state index is 10.2. The van der Waals surface area contributed by atoms with Crippen molar-refractivity contribution in [3.63, 3.8) is 0 Å². The molecular weight excluding hydrogens is 114 g/mol. The summed E-state index contributed by atoms with van der Waals surface area (Å²) in [7, 11) is 0. The van der Waals surface area contributed by atoms with E-state index < -0.39 is 0 Å². The monoisotopic (exact) mass is 119 g/mol. The van der Waals surface area contributed by atoms with Crippen molar-refractivity contribution in [1.29, 1.82) is 0 Å². The second-order valence-corrected chi connectivity index (χ2v) is 1.97. The molecule has 0 amide bonds. The number of hydrogen-bond donors (Lipinski definition) is 1. The zero-order chi connectivity index (χ0) is 5.11. The lowest BCUT2D eigenvalue weighted by Gasteiger charge is -2.18. The normalized spacial score (nSPS) is 29.6. The van der Waals surface area contributed by atoms with E-state index in [4.69, 9.17) is 0 Å². The van der Waals surface area contributed by atoms with Crippen LogP contribution in [0.5, 0.6) is 0 Å². The predicted octanol–water partition coefficient (Wildman–Crippen LogP) is -0.524. The number of quaternary nitrogens is 1. The quantitative estimate of drug-likeness (QED) is 0.436. The highest BCUT2D eigenvalue weighted by Crippen LogP contribution is 1.98. The summed E-state index contributed by atoms with van der Waals surface area (Å²) in [4.78, 5) is 4.44. The van der Waals surface area contributed by atoms with Crippen molar-refractivity contribution in [3.05, 3.63) is 16.9 Å². The molecule has 1 unspecified atom stereocenters. The number of nitrogens with one attached hydrogen (secondary N) is 1. The Balaban J connectivity index is 2.32.